The Morgan fingerprint density at radius 2 is 1.62 bits per heavy atom. The zero-order valence-electron chi connectivity index (χ0n) is 12.8. The Kier molecular flexibility index (Phi) is 2.82. The van der Waals surface area contributed by atoms with E-state index >= 15 is 0 Å². The largest absolute Gasteiger partial charge is 0.0718 e. The summed E-state index contributed by atoms with van der Waals surface area (Å²) in [6.07, 6.45) is 8.06. The second kappa shape index (κ2) is 4.59. The lowest BCUT2D eigenvalue weighted by molar-refractivity contribution is 0.392. The SMILES string of the molecule is CC1(C)Cc2cc3c(cc2C1)[C](Cc1ccccc1)C=C3. The number of benzene rings is 2. The van der Waals surface area contributed by atoms with Gasteiger partial charge in [-0.15, -0.1) is 0 Å². The number of hydrogen-bond acceptors (Lipinski definition) is 0. The Morgan fingerprint density at radius 1 is 0.905 bits per heavy atom. The molecule has 2 aromatic rings. The zero-order chi connectivity index (χ0) is 14.4. The number of hydrogen-bond donors (Lipinski definition) is 0. The molecule has 0 aliphatic heterocycles. The normalized spacial score (nSPS) is 18.8. The van der Waals surface area contributed by atoms with Crippen LogP contribution in [0.2, 0.25) is 0 Å². The molecule has 0 atom stereocenters. The summed E-state index contributed by atoms with van der Waals surface area (Å²) in [7, 11) is 0. The van der Waals surface area contributed by atoms with Gasteiger partial charge < -0.3 is 0 Å². The van der Waals surface area contributed by atoms with Gasteiger partial charge in [-0.3, -0.25) is 0 Å². The van der Waals surface area contributed by atoms with Gasteiger partial charge in [-0.1, -0.05) is 68.5 Å². The van der Waals surface area contributed by atoms with Gasteiger partial charge in [0.25, 0.3) is 0 Å². The summed E-state index contributed by atoms with van der Waals surface area (Å²) in [5, 5.41) is 0. The fourth-order valence-corrected chi connectivity index (χ4v) is 3.80. The highest BCUT2D eigenvalue weighted by Gasteiger charge is 2.30. The van der Waals surface area contributed by atoms with Gasteiger partial charge in [-0.2, -0.15) is 0 Å². The predicted molar refractivity (Wildman–Crippen MR) is 89.2 cm³/mol. The molecule has 0 fully saturated rings. The molecule has 0 saturated carbocycles. The maximum absolute atomic E-state index is 2.46. The lowest BCUT2D eigenvalue weighted by Gasteiger charge is -2.14. The Morgan fingerprint density at radius 3 is 2.38 bits per heavy atom. The average Bonchev–Trinajstić information content (AvgIpc) is 2.96. The minimum absolute atomic E-state index is 0.431. The van der Waals surface area contributed by atoms with Gasteiger partial charge in [0.15, 0.2) is 0 Å². The van der Waals surface area contributed by atoms with E-state index in [0.717, 1.165) is 6.42 Å². The molecule has 0 saturated heterocycles. The van der Waals surface area contributed by atoms with E-state index in [0.29, 0.717) is 5.41 Å². The Hall–Kier alpha value is -1.82. The molecule has 105 valence electrons. The van der Waals surface area contributed by atoms with Crippen molar-refractivity contribution in [2.45, 2.75) is 33.1 Å². The van der Waals surface area contributed by atoms with E-state index in [1.807, 2.05) is 0 Å². The van der Waals surface area contributed by atoms with Crippen LogP contribution in [0.1, 0.15) is 41.7 Å². The van der Waals surface area contributed by atoms with E-state index < -0.39 is 0 Å². The van der Waals surface area contributed by atoms with Crippen LogP contribution in [0.3, 0.4) is 0 Å². The first kappa shape index (κ1) is 12.9. The van der Waals surface area contributed by atoms with Gasteiger partial charge in [0.2, 0.25) is 0 Å². The van der Waals surface area contributed by atoms with Gasteiger partial charge in [-0.25, -0.2) is 0 Å². The molecule has 0 unspecified atom stereocenters. The summed E-state index contributed by atoms with van der Waals surface area (Å²) in [4.78, 5) is 0. The Labute approximate surface area is 127 Å². The minimum Gasteiger partial charge on any atom is -0.0718 e. The quantitative estimate of drug-likeness (QED) is 0.722. The van der Waals surface area contributed by atoms with Gasteiger partial charge in [0.1, 0.15) is 0 Å². The number of fused-ring (bicyclic) bond motifs is 2. The highest BCUT2D eigenvalue weighted by molar-refractivity contribution is 5.71. The lowest BCUT2D eigenvalue weighted by atomic mass is 9.90. The van der Waals surface area contributed by atoms with E-state index in [4.69, 9.17) is 0 Å². The van der Waals surface area contributed by atoms with Gasteiger partial charge >= 0.3 is 0 Å². The van der Waals surface area contributed by atoms with Crippen LogP contribution in [0.4, 0.5) is 0 Å². The van der Waals surface area contributed by atoms with Crippen LogP contribution in [0.15, 0.2) is 48.5 Å². The third kappa shape index (κ3) is 2.33. The molecule has 4 rings (SSSR count). The van der Waals surface area contributed by atoms with Gasteiger partial charge in [0, 0.05) is 5.92 Å². The molecule has 2 aliphatic carbocycles. The Bertz CT molecular complexity index is 704. The smallest absolute Gasteiger partial charge is 0.0317 e. The van der Waals surface area contributed by atoms with Crippen LogP contribution < -0.4 is 0 Å². The Balaban J connectivity index is 1.66. The molecule has 0 bridgehead atoms. The molecular weight excluding hydrogens is 252 g/mol. The van der Waals surface area contributed by atoms with Crippen LogP contribution in [-0.2, 0) is 19.3 Å². The first-order valence-corrected chi connectivity index (χ1v) is 7.85. The van der Waals surface area contributed by atoms with Crippen molar-refractivity contribution >= 4 is 6.08 Å². The molecule has 21 heavy (non-hydrogen) atoms. The zero-order valence-corrected chi connectivity index (χ0v) is 12.8. The monoisotopic (exact) mass is 273 g/mol. The summed E-state index contributed by atoms with van der Waals surface area (Å²) in [5.41, 5.74) is 7.82. The fourth-order valence-electron chi connectivity index (χ4n) is 3.80. The molecule has 0 nitrogen and oxygen atoms in total. The molecular formula is C21H21. The third-order valence-corrected chi connectivity index (χ3v) is 4.76. The second-order valence-electron chi connectivity index (χ2n) is 7.25. The highest BCUT2D eigenvalue weighted by atomic mass is 14.3. The average molecular weight is 273 g/mol. The van der Waals surface area contributed by atoms with Crippen molar-refractivity contribution in [3.05, 3.63) is 82.3 Å². The molecule has 1 radical (unpaired) electrons. The molecule has 0 amide bonds. The van der Waals surface area contributed by atoms with Crippen LogP contribution in [0.5, 0.6) is 0 Å². The van der Waals surface area contributed by atoms with Crippen molar-refractivity contribution in [1.82, 2.24) is 0 Å². The van der Waals surface area contributed by atoms with E-state index in [1.165, 1.54) is 35.4 Å². The van der Waals surface area contributed by atoms with Crippen molar-refractivity contribution in [2.75, 3.05) is 0 Å². The first-order valence-electron chi connectivity index (χ1n) is 7.85. The van der Waals surface area contributed by atoms with Gasteiger partial charge in [0.05, 0.1) is 0 Å². The van der Waals surface area contributed by atoms with E-state index in [-0.39, 0.29) is 0 Å². The van der Waals surface area contributed by atoms with Crippen molar-refractivity contribution in [1.29, 1.82) is 0 Å². The topological polar surface area (TPSA) is 0 Å². The van der Waals surface area contributed by atoms with Gasteiger partial charge in [-0.05, 0) is 52.5 Å². The van der Waals surface area contributed by atoms with E-state index in [9.17, 15) is 0 Å². The molecule has 0 N–H and O–H groups in total. The summed E-state index contributed by atoms with van der Waals surface area (Å²) in [6.45, 7) is 4.76. The molecule has 0 heteroatoms. The highest BCUT2D eigenvalue weighted by Crippen LogP contribution is 2.41. The summed E-state index contributed by atoms with van der Waals surface area (Å²) in [6, 6.07) is 15.7. The summed E-state index contributed by atoms with van der Waals surface area (Å²) >= 11 is 0. The van der Waals surface area contributed by atoms with Crippen LogP contribution in [0, 0.1) is 11.3 Å². The lowest BCUT2D eigenvalue weighted by Crippen LogP contribution is -2.09. The van der Waals surface area contributed by atoms with E-state index in [2.05, 4.69) is 68.5 Å². The maximum Gasteiger partial charge on any atom is 0.0317 e. The molecule has 2 aliphatic rings. The second-order valence-corrected chi connectivity index (χ2v) is 7.25. The first-order chi connectivity index (χ1) is 10.1. The predicted octanol–water partition coefficient (Wildman–Crippen LogP) is 5.00. The molecule has 2 aromatic carbocycles. The minimum atomic E-state index is 0.431. The van der Waals surface area contributed by atoms with Crippen molar-refractivity contribution in [3.63, 3.8) is 0 Å². The van der Waals surface area contributed by atoms with Crippen molar-refractivity contribution < 1.29 is 0 Å². The number of allylic oxidation sites excluding steroid dienone is 1. The van der Waals surface area contributed by atoms with Crippen LogP contribution in [0.25, 0.3) is 6.08 Å². The van der Waals surface area contributed by atoms with E-state index in [1.54, 1.807) is 11.1 Å². The van der Waals surface area contributed by atoms with Crippen LogP contribution >= 0.6 is 0 Å². The summed E-state index contributed by atoms with van der Waals surface area (Å²) < 4.78 is 0. The molecule has 0 spiro atoms. The third-order valence-electron chi connectivity index (χ3n) is 4.76. The molecule has 0 aromatic heterocycles. The van der Waals surface area contributed by atoms with Crippen molar-refractivity contribution in [2.24, 2.45) is 5.41 Å². The maximum atomic E-state index is 2.46. The molecule has 0 heterocycles. The standard InChI is InChI=1S/C21H21/c1-21(2)13-18-11-17-9-8-16(20(17)12-19(18)14-21)10-15-6-4-3-5-7-15/h3-9,11-12H,10,13-14H2,1-2H3. The fraction of sp³-hybridized carbons (Fsp3) is 0.286. The number of rotatable bonds is 2. The summed E-state index contributed by atoms with van der Waals surface area (Å²) in [5.74, 6) is 1.46. The van der Waals surface area contributed by atoms with Crippen LogP contribution in [-0.4, -0.2) is 0 Å². The van der Waals surface area contributed by atoms with Crippen molar-refractivity contribution in [3.8, 4) is 0 Å².